The second kappa shape index (κ2) is 5.83. The van der Waals surface area contributed by atoms with Gasteiger partial charge in [-0.25, -0.2) is 0 Å². The summed E-state index contributed by atoms with van der Waals surface area (Å²) in [6.45, 7) is 2.02. The summed E-state index contributed by atoms with van der Waals surface area (Å²) in [7, 11) is 1.64. The van der Waals surface area contributed by atoms with Crippen LogP contribution in [0.3, 0.4) is 0 Å². The Balaban J connectivity index is 2.08. The largest absolute Gasteiger partial charge is 0.496 e. The van der Waals surface area contributed by atoms with Crippen LogP contribution in [0.15, 0.2) is 35.0 Å². The summed E-state index contributed by atoms with van der Waals surface area (Å²) in [6, 6.07) is 7.93. The van der Waals surface area contributed by atoms with Crippen molar-refractivity contribution in [3.05, 3.63) is 51.7 Å². The Labute approximate surface area is 111 Å². The van der Waals surface area contributed by atoms with E-state index < -0.39 is 0 Å². The third-order valence-electron chi connectivity index (χ3n) is 2.80. The molecule has 0 spiro atoms. The second-order valence-corrected chi connectivity index (χ2v) is 5.12. The molecule has 2 aromatic rings. The molecule has 94 valence electrons. The fourth-order valence-corrected chi connectivity index (χ4v) is 2.61. The Hall–Kier alpha value is -1.61. The van der Waals surface area contributed by atoms with Crippen molar-refractivity contribution in [3.63, 3.8) is 0 Å². The maximum atomic E-state index is 12.0. The van der Waals surface area contributed by atoms with Gasteiger partial charge in [0.2, 0.25) is 0 Å². The highest BCUT2D eigenvalue weighted by molar-refractivity contribution is 7.07. The van der Waals surface area contributed by atoms with Crippen molar-refractivity contribution >= 4 is 17.1 Å². The van der Waals surface area contributed by atoms with Crippen LogP contribution in [0.1, 0.15) is 16.7 Å². The average Bonchev–Trinajstić information content (AvgIpc) is 2.82. The molecule has 0 unspecified atom stereocenters. The molecular weight excluding hydrogens is 244 g/mol. The number of thiophene rings is 1. The molecule has 0 aliphatic rings. The van der Waals surface area contributed by atoms with Crippen LogP contribution in [0.2, 0.25) is 0 Å². The van der Waals surface area contributed by atoms with Crippen molar-refractivity contribution in [1.29, 1.82) is 0 Å². The minimum atomic E-state index is 0.220. The van der Waals surface area contributed by atoms with Gasteiger partial charge in [0, 0.05) is 18.4 Å². The predicted octanol–water partition coefficient (Wildman–Crippen LogP) is 3.42. The molecule has 3 heteroatoms. The number of Topliss-reactive ketones (excluding diaryl/α,β-unsaturated/α-hetero) is 1. The van der Waals surface area contributed by atoms with Gasteiger partial charge in [-0.1, -0.05) is 17.7 Å². The lowest BCUT2D eigenvalue weighted by molar-refractivity contribution is -0.117. The summed E-state index contributed by atoms with van der Waals surface area (Å²) in [5.41, 5.74) is 3.21. The molecule has 0 saturated carbocycles. The maximum absolute atomic E-state index is 12.0. The third kappa shape index (κ3) is 3.20. The van der Waals surface area contributed by atoms with Gasteiger partial charge >= 0.3 is 0 Å². The van der Waals surface area contributed by atoms with E-state index in [1.54, 1.807) is 18.4 Å². The molecule has 1 aromatic heterocycles. The van der Waals surface area contributed by atoms with Gasteiger partial charge in [0.15, 0.2) is 0 Å². The Bertz CT molecular complexity index is 529. The van der Waals surface area contributed by atoms with E-state index in [1.165, 1.54) is 0 Å². The van der Waals surface area contributed by atoms with Crippen molar-refractivity contribution < 1.29 is 9.53 Å². The number of benzene rings is 1. The van der Waals surface area contributed by atoms with Gasteiger partial charge in [-0.05, 0) is 35.4 Å². The smallest absolute Gasteiger partial charge is 0.141 e. The quantitative estimate of drug-likeness (QED) is 0.823. The van der Waals surface area contributed by atoms with E-state index in [2.05, 4.69) is 0 Å². The molecule has 0 radical (unpaired) electrons. The van der Waals surface area contributed by atoms with Gasteiger partial charge in [0.05, 0.1) is 7.11 Å². The second-order valence-electron chi connectivity index (χ2n) is 4.34. The first-order chi connectivity index (χ1) is 8.69. The van der Waals surface area contributed by atoms with Crippen LogP contribution in [-0.2, 0) is 17.6 Å². The summed E-state index contributed by atoms with van der Waals surface area (Å²) in [6.07, 6.45) is 0.932. The SMILES string of the molecule is COc1ccc(C)cc1CC(=O)Cc1ccsc1. The normalized spacial score (nSPS) is 10.3. The van der Waals surface area contributed by atoms with Crippen molar-refractivity contribution in [2.45, 2.75) is 19.8 Å². The lowest BCUT2D eigenvalue weighted by atomic mass is 10.0. The summed E-state index contributed by atoms with van der Waals surface area (Å²) >= 11 is 1.62. The van der Waals surface area contributed by atoms with E-state index in [1.807, 2.05) is 41.9 Å². The molecule has 2 rings (SSSR count). The fourth-order valence-electron chi connectivity index (χ4n) is 1.94. The van der Waals surface area contributed by atoms with Crippen LogP contribution < -0.4 is 4.74 Å². The zero-order valence-corrected chi connectivity index (χ0v) is 11.4. The highest BCUT2D eigenvalue weighted by atomic mass is 32.1. The number of carbonyl (C=O) groups excluding carboxylic acids is 1. The van der Waals surface area contributed by atoms with E-state index in [0.717, 1.165) is 22.4 Å². The van der Waals surface area contributed by atoms with Gasteiger partial charge in [-0.2, -0.15) is 11.3 Å². The third-order valence-corrected chi connectivity index (χ3v) is 3.54. The lowest BCUT2D eigenvalue weighted by Gasteiger charge is -2.08. The van der Waals surface area contributed by atoms with Crippen LogP contribution >= 0.6 is 11.3 Å². The van der Waals surface area contributed by atoms with Crippen LogP contribution in [-0.4, -0.2) is 12.9 Å². The molecule has 1 aromatic carbocycles. The minimum absolute atomic E-state index is 0.220. The molecule has 0 atom stereocenters. The number of methoxy groups -OCH3 is 1. The molecule has 18 heavy (non-hydrogen) atoms. The first-order valence-electron chi connectivity index (χ1n) is 5.85. The number of carbonyl (C=O) groups is 1. The zero-order chi connectivity index (χ0) is 13.0. The lowest BCUT2D eigenvalue weighted by Crippen LogP contribution is -2.07. The topological polar surface area (TPSA) is 26.3 Å². The average molecular weight is 260 g/mol. The highest BCUT2D eigenvalue weighted by Gasteiger charge is 2.10. The van der Waals surface area contributed by atoms with Crippen LogP contribution in [0.5, 0.6) is 5.75 Å². The van der Waals surface area contributed by atoms with Gasteiger partial charge < -0.3 is 4.74 Å². The number of aryl methyl sites for hydroxylation is 1. The van der Waals surface area contributed by atoms with Gasteiger partial charge in [-0.3, -0.25) is 4.79 Å². The Kier molecular flexibility index (Phi) is 4.15. The van der Waals surface area contributed by atoms with E-state index in [4.69, 9.17) is 4.74 Å². The molecule has 0 aliphatic heterocycles. The Morgan fingerprint density at radius 3 is 2.78 bits per heavy atom. The van der Waals surface area contributed by atoms with E-state index in [9.17, 15) is 4.79 Å². The summed E-state index contributed by atoms with van der Waals surface area (Å²) in [5, 5.41) is 4.02. The summed E-state index contributed by atoms with van der Waals surface area (Å²) in [4.78, 5) is 12.0. The van der Waals surface area contributed by atoms with E-state index >= 15 is 0 Å². The van der Waals surface area contributed by atoms with Crippen molar-refractivity contribution in [3.8, 4) is 5.75 Å². The van der Waals surface area contributed by atoms with Gasteiger partial charge in [0.1, 0.15) is 11.5 Å². The van der Waals surface area contributed by atoms with Crippen molar-refractivity contribution in [1.82, 2.24) is 0 Å². The molecule has 1 heterocycles. The van der Waals surface area contributed by atoms with Crippen molar-refractivity contribution in [2.75, 3.05) is 7.11 Å². The fraction of sp³-hybridized carbons (Fsp3) is 0.267. The van der Waals surface area contributed by atoms with E-state index in [-0.39, 0.29) is 5.78 Å². The molecule has 0 amide bonds. The highest BCUT2D eigenvalue weighted by Crippen LogP contribution is 2.21. The van der Waals surface area contributed by atoms with Gasteiger partial charge in [-0.15, -0.1) is 0 Å². The minimum Gasteiger partial charge on any atom is -0.496 e. The van der Waals surface area contributed by atoms with Crippen LogP contribution in [0.4, 0.5) is 0 Å². The Morgan fingerprint density at radius 1 is 1.28 bits per heavy atom. The summed E-state index contributed by atoms with van der Waals surface area (Å²) < 4.78 is 5.29. The Morgan fingerprint density at radius 2 is 2.11 bits per heavy atom. The molecule has 0 saturated heterocycles. The van der Waals surface area contributed by atoms with Crippen LogP contribution in [0.25, 0.3) is 0 Å². The molecule has 0 N–H and O–H groups in total. The zero-order valence-electron chi connectivity index (χ0n) is 10.6. The first-order valence-corrected chi connectivity index (χ1v) is 6.79. The van der Waals surface area contributed by atoms with Crippen molar-refractivity contribution in [2.24, 2.45) is 0 Å². The van der Waals surface area contributed by atoms with Crippen LogP contribution in [0, 0.1) is 6.92 Å². The molecular formula is C15H16O2S. The molecule has 0 fully saturated rings. The number of rotatable bonds is 5. The summed E-state index contributed by atoms with van der Waals surface area (Å²) in [5.74, 6) is 1.01. The predicted molar refractivity (Wildman–Crippen MR) is 74.5 cm³/mol. The maximum Gasteiger partial charge on any atom is 0.141 e. The number of ether oxygens (including phenoxy) is 1. The number of hydrogen-bond acceptors (Lipinski definition) is 3. The van der Waals surface area contributed by atoms with E-state index in [0.29, 0.717) is 12.8 Å². The molecule has 2 nitrogen and oxygen atoms in total. The standard InChI is InChI=1S/C15H16O2S/c1-11-3-4-15(17-2)13(7-11)9-14(16)8-12-5-6-18-10-12/h3-7,10H,8-9H2,1-2H3. The molecule has 0 aliphatic carbocycles. The molecule has 0 bridgehead atoms. The monoisotopic (exact) mass is 260 g/mol. The first kappa shape index (κ1) is 12.8. The van der Waals surface area contributed by atoms with Gasteiger partial charge in [0.25, 0.3) is 0 Å². The number of ketones is 1. The number of hydrogen-bond donors (Lipinski definition) is 0.